The summed E-state index contributed by atoms with van der Waals surface area (Å²) in [4.78, 5) is 4.61. The van der Waals surface area contributed by atoms with Crippen LogP contribution in [0.5, 0.6) is 0 Å². The normalized spacial score (nSPS) is 12.1. The number of nitrogens with zero attached hydrogens (tertiary/aromatic N) is 3. The molecule has 0 bridgehead atoms. The minimum absolute atomic E-state index is 0.796. The van der Waals surface area contributed by atoms with E-state index in [0.29, 0.717) is 0 Å². The summed E-state index contributed by atoms with van der Waals surface area (Å²) in [5.74, 6) is 0. The summed E-state index contributed by atoms with van der Waals surface area (Å²) in [6.07, 6.45) is 1.81. The van der Waals surface area contributed by atoms with E-state index < -0.39 is 0 Å². The average molecular weight is 742 g/mol. The second-order valence-corrected chi connectivity index (χ2v) is 15.1. The van der Waals surface area contributed by atoms with E-state index in [1.54, 1.807) is 0 Å². The highest BCUT2D eigenvalue weighted by molar-refractivity contribution is 6.18. The van der Waals surface area contributed by atoms with Crippen molar-refractivity contribution >= 4 is 87.6 Å². The number of pyridine rings is 1. The largest absolute Gasteiger partial charge is 0.456 e. The van der Waals surface area contributed by atoms with E-state index in [4.69, 9.17) is 8.83 Å². The van der Waals surface area contributed by atoms with Gasteiger partial charge >= 0.3 is 0 Å². The molecule has 0 aliphatic rings. The summed E-state index contributed by atoms with van der Waals surface area (Å²) in [5.41, 5.74) is 15.8. The van der Waals surface area contributed by atoms with E-state index in [0.717, 1.165) is 77.5 Å². The van der Waals surface area contributed by atoms with E-state index in [1.165, 1.54) is 43.7 Å². The van der Waals surface area contributed by atoms with Crippen molar-refractivity contribution in [3.05, 3.63) is 188 Å². The molecular weight excluding hydrogens is 711 g/mol. The lowest BCUT2D eigenvalue weighted by Crippen LogP contribution is -1.93. The number of hydrogen-bond donors (Lipinski definition) is 0. The highest BCUT2D eigenvalue weighted by atomic mass is 16.3. The molecule has 0 unspecified atom stereocenters. The number of aromatic nitrogens is 3. The molecule has 13 aromatic rings. The van der Waals surface area contributed by atoms with Crippen LogP contribution in [0.4, 0.5) is 0 Å². The van der Waals surface area contributed by atoms with Crippen molar-refractivity contribution in [3.63, 3.8) is 0 Å². The Morgan fingerprint density at radius 1 is 0.345 bits per heavy atom. The van der Waals surface area contributed by atoms with Crippen LogP contribution in [0.25, 0.3) is 121 Å². The SMILES string of the molecule is c1ccc(-n2c3ccccc3c3c(-c4ccc5c(c4)c4ccccc4n5-c4ccc5oc6ccc(-c7ccc8oc9cccnc9c8c7)cc6c5c4)cccc32)cc1. The molecular formula is C53H31N3O2. The maximum absolute atomic E-state index is 6.43. The highest BCUT2D eigenvalue weighted by Gasteiger charge is 2.19. The van der Waals surface area contributed by atoms with Gasteiger partial charge in [-0.1, -0.05) is 84.9 Å². The van der Waals surface area contributed by atoms with E-state index in [-0.39, 0.29) is 0 Å². The molecule has 0 aliphatic carbocycles. The Hall–Kier alpha value is -7.89. The van der Waals surface area contributed by atoms with Gasteiger partial charge < -0.3 is 18.0 Å². The van der Waals surface area contributed by atoms with Crippen LogP contribution in [0.1, 0.15) is 0 Å². The second-order valence-electron chi connectivity index (χ2n) is 15.1. The Morgan fingerprint density at radius 2 is 0.948 bits per heavy atom. The monoisotopic (exact) mass is 741 g/mol. The third-order valence-electron chi connectivity index (χ3n) is 12.0. The molecule has 5 heteroatoms. The van der Waals surface area contributed by atoms with Crippen molar-refractivity contribution < 1.29 is 8.83 Å². The van der Waals surface area contributed by atoms with Crippen LogP contribution < -0.4 is 0 Å². The zero-order chi connectivity index (χ0) is 37.9. The zero-order valence-corrected chi connectivity index (χ0v) is 31.1. The smallest absolute Gasteiger partial charge is 0.153 e. The number of hydrogen-bond acceptors (Lipinski definition) is 3. The average Bonchev–Trinajstić information content (AvgIpc) is 4.03. The molecule has 0 aliphatic heterocycles. The van der Waals surface area contributed by atoms with Crippen LogP contribution in [0.3, 0.4) is 0 Å². The Morgan fingerprint density at radius 3 is 1.79 bits per heavy atom. The molecule has 5 heterocycles. The Balaban J connectivity index is 0.976. The fourth-order valence-corrected chi connectivity index (χ4v) is 9.40. The van der Waals surface area contributed by atoms with Crippen LogP contribution in [0.2, 0.25) is 0 Å². The van der Waals surface area contributed by atoms with Gasteiger partial charge in [-0.25, -0.2) is 0 Å². The molecule has 5 nitrogen and oxygen atoms in total. The minimum atomic E-state index is 0.796. The molecule has 0 fully saturated rings. The first-order chi connectivity index (χ1) is 28.7. The topological polar surface area (TPSA) is 49.0 Å². The van der Waals surface area contributed by atoms with E-state index in [1.807, 2.05) is 24.4 Å². The van der Waals surface area contributed by atoms with Gasteiger partial charge in [0.25, 0.3) is 0 Å². The highest BCUT2D eigenvalue weighted by Crippen LogP contribution is 2.42. The lowest BCUT2D eigenvalue weighted by atomic mass is 9.98. The molecule has 0 amide bonds. The van der Waals surface area contributed by atoms with Crippen molar-refractivity contribution in [2.75, 3.05) is 0 Å². The van der Waals surface area contributed by atoms with Crippen molar-refractivity contribution in [2.45, 2.75) is 0 Å². The summed E-state index contributed by atoms with van der Waals surface area (Å²) in [6, 6.07) is 65.0. The van der Waals surface area contributed by atoms with Gasteiger partial charge in [0.15, 0.2) is 5.58 Å². The molecule has 13 rings (SSSR count). The van der Waals surface area contributed by atoms with Gasteiger partial charge in [-0.05, 0) is 119 Å². The first-order valence-electron chi connectivity index (χ1n) is 19.6. The van der Waals surface area contributed by atoms with Gasteiger partial charge in [-0.2, -0.15) is 0 Å². The van der Waals surface area contributed by atoms with Crippen molar-refractivity contribution in [2.24, 2.45) is 0 Å². The Bertz CT molecular complexity index is 3810. The minimum Gasteiger partial charge on any atom is -0.456 e. The maximum Gasteiger partial charge on any atom is 0.153 e. The number of furan rings is 2. The zero-order valence-electron chi connectivity index (χ0n) is 31.1. The van der Waals surface area contributed by atoms with E-state index in [2.05, 4.69) is 178 Å². The molecule has 58 heavy (non-hydrogen) atoms. The van der Waals surface area contributed by atoms with Gasteiger partial charge in [0.2, 0.25) is 0 Å². The molecule has 0 saturated carbocycles. The van der Waals surface area contributed by atoms with Gasteiger partial charge in [-0.3, -0.25) is 4.98 Å². The predicted octanol–water partition coefficient (Wildman–Crippen LogP) is 14.4. The van der Waals surface area contributed by atoms with Gasteiger partial charge in [0.05, 0.1) is 22.1 Å². The van der Waals surface area contributed by atoms with Crippen molar-refractivity contribution in [3.8, 4) is 33.6 Å². The molecule has 0 radical (unpaired) electrons. The summed E-state index contributed by atoms with van der Waals surface area (Å²) in [7, 11) is 0. The second kappa shape index (κ2) is 11.8. The standard InChI is InChI=1S/C53H31N3O2/c1-2-10-35(11-3-1)55-45-16-7-5-13-39(45)52-37(14-8-17-47(52)55)34-19-23-46-40(30-34)38-12-4-6-15-44(38)56(46)36-22-26-49-42(31-36)41-28-32(20-24-48(41)57-49)33-21-25-50-43(29-33)53-51(58-50)18-9-27-54-53/h1-31H. The first kappa shape index (κ1) is 31.3. The predicted molar refractivity (Wildman–Crippen MR) is 238 cm³/mol. The van der Waals surface area contributed by atoms with Crippen LogP contribution in [-0.2, 0) is 0 Å². The summed E-state index contributed by atoms with van der Waals surface area (Å²) >= 11 is 0. The quantitative estimate of drug-likeness (QED) is 0.180. The molecule has 0 saturated heterocycles. The Kier molecular flexibility index (Phi) is 6.38. The number of rotatable bonds is 4. The fourth-order valence-electron chi connectivity index (χ4n) is 9.40. The van der Waals surface area contributed by atoms with Gasteiger partial charge in [0, 0.05) is 55.3 Å². The van der Waals surface area contributed by atoms with Crippen molar-refractivity contribution in [1.29, 1.82) is 0 Å². The van der Waals surface area contributed by atoms with Crippen LogP contribution in [0.15, 0.2) is 197 Å². The molecule has 270 valence electrons. The van der Waals surface area contributed by atoms with Crippen molar-refractivity contribution in [1.82, 2.24) is 14.1 Å². The summed E-state index contributed by atoms with van der Waals surface area (Å²) in [6.45, 7) is 0. The third-order valence-corrected chi connectivity index (χ3v) is 12.0. The number of fused-ring (bicyclic) bond motifs is 12. The fraction of sp³-hybridized carbons (Fsp3) is 0. The lowest BCUT2D eigenvalue weighted by molar-refractivity contribution is 0.668. The number of benzene rings is 8. The van der Waals surface area contributed by atoms with Gasteiger partial charge in [0.1, 0.15) is 22.3 Å². The maximum atomic E-state index is 6.43. The third kappa shape index (κ3) is 4.44. The van der Waals surface area contributed by atoms with Gasteiger partial charge in [-0.15, -0.1) is 0 Å². The molecule has 0 N–H and O–H groups in total. The Labute approximate surface area is 331 Å². The van der Waals surface area contributed by atoms with E-state index in [9.17, 15) is 0 Å². The van der Waals surface area contributed by atoms with Crippen LogP contribution >= 0.6 is 0 Å². The lowest BCUT2D eigenvalue weighted by Gasteiger charge is -2.10. The summed E-state index contributed by atoms with van der Waals surface area (Å²) < 4.78 is 17.3. The molecule has 0 atom stereocenters. The first-order valence-corrected chi connectivity index (χ1v) is 19.6. The number of para-hydroxylation sites is 3. The van der Waals surface area contributed by atoms with E-state index >= 15 is 0 Å². The molecule has 5 aromatic heterocycles. The molecule has 8 aromatic carbocycles. The van der Waals surface area contributed by atoms with Crippen LogP contribution in [0, 0.1) is 0 Å². The molecule has 0 spiro atoms. The summed E-state index contributed by atoms with van der Waals surface area (Å²) in [5, 5.41) is 8.11. The van der Waals surface area contributed by atoms with Crippen LogP contribution in [-0.4, -0.2) is 14.1 Å².